The zero-order valence-electron chi connectivity index (χ0n) is 12.6. The Hall–Kier alpha value is -1.21. The van der Waals surface area contributed by atoms with Crippen molar-refractivity contribution >= 4 is 24.6 Å². The van der Waals surface area contributed by atoms with Gasteiger partial charge in [0.15, 0.2) is 13.1 Å². The van der Waals surface area contributed by atoms with E-state index in [1.54, 1.807) is 0 Å². The van der Waals surface area contributed by atoms with Gasteiger partial charge in [0.25, 0.3) is 0 Å². The van der Waals surface area contributed by atoms with Gasteiger partial charge < -0.3 is 20.4 Å². The summed E-state index contributed by atoms with van der Waals surface area (Å²) in [5.41, 5.74) is 0.974. The van der Waals surface area contributed by atoms with E-state index in [-0.39, 0.29) is 19.1 Å². The van der Waals surface area contributed by atoms with E-state index in [0.29, 0.717) is 4.90 Å². The zero-order valence-corrected chi connectivity index (χ0v) is 13.5. The van der Waals surface area contributed by atoms with Crippen LogP contribution in [0.4, 0.5) is 0 Å². The van der Waals surface area contributed by atoms with E-state index in [2.05, 4.69) is 24.5 Å². The molecule has 7 heteroatoms. The molecular weight excluding hydrogens is 292 g/mol. The van der Waals surface area contributed by atoms with Gasteiger partial charge in [-0.3, -0.25) is 0 Å². The molecule has 0 amide bonds. The van der Waals surface area contributed by atoms with E-state index in [1.165, 1.54) is 0 Å². The predicted molar refractivity (Wildman–Crippen MR) is 84.9 cm³/mol. The lowest BCUT2D eigenvalue weighted by Crippen LogP contribution is -3.17. The molecule has 0 rings (SSSR count). The van der Waals surface area contributed by atoms with Crippen molar-refractivity contribution in [2.24, 2.45) is 0 Å². The highest BCUT2D eigenvalue weighted by Crippen LogP contribution is 2.00. The van der Waals surface area contributed by atoms with Gasteiger partial charge in [0.05, 0.1) is 6.04 Å². The molecule has 0 aliphatic carbocycles. The number of carboxylic acids is 2. The highest BCUT2D eigenvalue weighted by Gasteiger charge is 2.22. The average molecular weight is 319 g/mol. The normalized spacial score (nSPS) is 12.1. The van der Waals surface area contributed by atoms with Crippen LogP contribution in [0.3, 0.4) is 0 Å². The molecule has 6 nitrogen and oxygen atoms in total. The summed E-state index contributed by atoms with van der Waals surface area (Å²) in [5.74, 6) is -1.17. The first-order chi connectivity index (χ1) is 9.86. The second-order valence-electron chi connectivity index (χ2n) is 5.20. The smallest absolute Gasteiger partial charge is 0.359 e. The van der Waals surface area contributed by atoms with Gasteiger partial charge >= 0.3 is 11.9 Å². The zero-order chi connectivity index (χ0) is 16.3. The molecule has 0 saturated carbocycles. The molecular formula is C14H27N2O4S+. The lowest BCUT2D eigenvalue weighted by Gasteiger charge is -2.23. The highest BCUT2D eigenvalue weighted by atomic mass is 32.1. The summed E-state index contributed by atoms with van der Waals surface area (Å²) in [7, 11) is 0. The standard InChI is InChI=1S/C14H26N2O4S/c1-11(6-8-21)15-7-4-3-5-12(2)16(9-13(17)18)10-14(19)20/h12,15,21H,1,3-10H2,2H3,(H,17,18)(H,19,20)/p+1. The Morgan fingerprint density at radius 3 is 2.29 bits per heavy atom. The third-order valence-electron chi connectivity index (χ3n) is 3.31. The van der Waals surface area contributed by atoms with Crippen LogP contribution in [-0.2, 0) is 9.59 Å². The first-order valence-corrected chi connectivity index (χ1v) is 7.80. The maximum atomic E-state index is 10.8. The largest absolute Gasteiger partial charge is 0.477 e. The molecule has 122 valence electrons. The van der Waals surface area contributed by atoms with Crippen LogP contribution in [0.5, 0.6) is 0 Å². The molecule has 0 aromatic heterocycles. The summed E-state index contributed by atoms with van der Waals surface area (Å²) in [5, 5.41) is 20.9. The van der Waals surface area contributed by atoms with Crippen molar-refractivity contribution in [3.63, 3.8) is 0 Å². The molecule has 0 aromatic carbocycles. The fourth-order valence-electron chi connectivity index (χ4n) is 2.07. The van der Waals surface area contributed by atoms with Crippen molar-refractivity contribution in [1.29, 1.82) is 0 Å². The Bertz CT molecular complexity index is 334. The third kappa shape index (κ3) is 11.2. The number of hydrogen-bond acceptors (Lipinski definition) is 4. The lowest BCUT2D eigenvalue weighted by molar-refractivity contribution is -0.909. The summed E-state index contributed by atoms with van der Waals surface area (Å²) in [4.78, 5) is 22.1. The van der Waals surface area contributed by atoms with Gasteiger partial charge in [-0.05, 0) is 38.4 Å². The van der Waals surface area contributed by atoms with Gasteiger partial charge in [0, 0.05) is 12.2 Å². The Balaban J connectivity index is 3.96. The second-order valence-corrected chi connectivity index (χ2v) is 5.65. The Morgan fingerprint density at radius 2 is 1.81 bits per heavy atom. The number of unbranched alkanes of at least 4 members (excludes halogenated alkanes) is 1. The number of aliphatic carboxylic acids is 2. The Morgan fingerprint density at radius 1 is 1.24 bits per heavy atom. The minimum atomic E-state index is -0.970. The summed E-state index contributed by atoms with van der Waals surface area (Å²) in [6.07, 6.45) is 3.51. The Kier molecular flexibility index (Phi) is 10.8. The van der Waals surface area contributed by atoms with E-state index >= 15 is 0 Å². The molecule has 0 aromatic rings. The van der Waals surface area contributed by atoms with Crippen molar-refractivity contribution in [2.45, 2.75) is 38.6 Å². The van der Waals surface area contributed by atoms with Crippen LogP contribution in [-0.4, -0.2) is 53.6 Å². The third-order valence-corrected chi connectivity index (χ3v) is 3.53. The van der Waals surface area contributed by atoms with Crippen LogP contribution in [0, 0.1) is 0 Å². The number of rotatable bonds is 13. The number of nitrogens with one attached hydrogen (secondary N) is 2. The van der Waals surface area contributed by atoms with Crippen molar-refractivity contribution < 1.29 is 24.7 Å². The molecule has 0 fully saturated rings. The molecule has 0 aliphatic rings. The molecule has 0 spiro atoms. The van der Waals surface area contributed by atoms with Gasteiger partial charge in [-0.15, -0.1) is 0 Å². The molecule has 0 bridgehead atoms. The monoisotopic (exact) mass is 319 g/mol. The van der Waals surface area contributed by atoms with Crippen molar-refractivity contribution in [3.05, 3.63) is 12.3 Å². The summed E-state index contributed by atoms with van der Waals surface area (Å²) >= 11 is 4.13. The van der Waals surface area contributed by atoms with Crippen LogP contribution in [0.15, 0.2) is 12.3 Å². The molecule has 0 aliphatic heterocycles. The number of carbonyl (C=O) groups is 2. The minimum absolute atomic E-state index is 0.0119. The topological polar surface area (TPSA) is 91.1 Å². The molecule has 0 saturated heterocycles. The molecule has 21 heavy (non-hydrogen) atoms. The fraction of sp³-hybridized carbons (Fsp3) is 0.714. The molecule has 0 heterocycles. The van der Waals surface area contributed by atoms with Crippen molar-refractivity contribution in [3.8, 4) is 0 Å². The molecule has 0 radical (unpaired) electrons. The lowest BCUT2D eigenvalue weighted by atomic mass is 10.1. The second kappa shape index (κ2) is 11.4. The van der Waals surface area contributed by atoms with Gasteiger partial charge in [0.2, 0.25) is 0 Å². The average Bonchev–Trinajstić information content (AvgIpc) is 2.36. The van der Waals surface area contributed by atoms with E-state index in [0.717, 1.165) is 43.7 Å². The molecule has 4 N–H and O–H groups in total. The van der Waals surface area contributed by atoms with Crippen LogP contribution in [0.25, 0.3) is 0 Å². The van der Waals surface area contributed by atoms with Crippen LogP contribution < -0.4 is 10.2 Å². The van der Waals surface area contributed by atoms with E-state index in [4.69, 9.17) is 10.2 Å². The molecule has 1 atom stereocenters. The van der Waals surface area contributed by atoms with E-state index in [9.17, 15) is 9.59 Å². The van der Waals surface area contributed by atoms with Gasteiger partial charge in [-0.2, -0.15) is 12.6 Å². The van der Waals surface area contributed by atoms with Gasteiger partial charge in [0.1, 0.15) is 0 Å². The quantitative estimate of drug-likeness (QED) is 0.244. The summed E-state index contributed by atoms with van der Waals surface area (Å²) in [6.45, 7) is 6.27. The van der Waals surface area contributed by atoms with Crippen molar-refractivity contribution in [2.75, 3.05) is 25.4 Å². The van der Waals surface area contributed by atoms with E-state index in [1.807, 2.05) is 6.92 Å². The van der Waals surface area contributed by atoms with Crippen molar-refractivity contribution in [1.82, 2.24) is 5.32 Å². The van der Waals surface area contributed by atoms with Crippen LogP contribution >= 0.6 is 12.6 Å². The minimum Gasteiger partial charge on any atom is -0.477 e. The number of thiol groups is 1. The summed E-state index contributed by atoms with van der Waals surface area (Å²) in [6, 6.07) is 0.0119. The summed E-state index contributed by atoms with van der Waals surface area (Å²) < 4.78 is 0. The number of hydrogen-bond donors (Lipinski definition) is 5. The number of allylic oxidation sites excluding steroid dienone is 1. The van der Waals surface area contributed by atoms with E-state index < -0.39 is 11.9 Å². The maximum absolute atomic E-state index is 10.8. The SMILES string of the molecule is C=C(CCS)NCCCCC(C)[NH+](CC(=O)O)CC(=O)O. The van der Waals surface area contributed by atoms with Crippen LogP contribution in [0.2, 0.25) is 0 Å². The first-order valence-electron chi connectivity index (χ1n) is 7.17. The fourth-order valence-corrected chi connectivity index (χ4v) is 2.34. The predicted octanol–water partition coefficient (Wildman–Crippen LogP) is 0.0225. The number of quaternary nitrogens is 1. The van der Waals surface area contributed by atoms with Gasteiger partial charge in [-0.25, -0.2) is 9.59 Å². The van der Waals surface area contributed by atoms with Gasteiger partial charge in [-0.1, -0.05) is 6.58 Å². The maximum Gasteiger partial charge on any atom is 0.359 e. The number of carboxylic acid groups (broad SMARTS) is 2. The Labute approximate surface area is 131 Å². The molecule has 1 unspecified atom stereocenters. The first kappa shape index (κ1) is 19.8. The van der Waals surface area contributed by atoms with Crippen LogP contribution in [0.1, 0.15) is 32.6 Å². The highest BCUT2D eigenvalue weighted by molar-refractivity contribution is 7.80.